The number of ether oxygens (including phenoxy) is 1. The van der Waals surface area contributed by atoms with E-state index in [0.717, 1.165) is 21.9 Å². The summed E-state index contributed by atoms with van der Waals surface area (Å²) in [5.74, 6) is 0.911. The van der Waals surface area contributed by atoms with Crippen molar-refractivity contribution in [3.8, 4) is 5.75 Å². The lowest BCUT2D eigenvalue weighted by atomic mass is 10.0. The van der Waals surface area contributed by atoms with E-state index in [1.54, 1.807) is 0 Å². The molecule has 0 saturated carbocycles. The average molecular weight is 284 g/mol. The van der Waals surface area contributed by atoms with E-state index in [1.165, 1.54) is 0 Å². The van der Waals surface area contributed by atoms with Crippen LogP contribution >= 0.6 is 11.6 Å². The quantitative estimate of drug-likeness (QED) is 0.895. The van der Waals surface area contributed by atoms with Gasteiger partial charge in [-0.05, 0) is 49.9 Å². The second-order valence-corrected chi connectivity index (χ2v) is 5.71. The van der Waals surface area contributed by atoms with Gasteiger partial charge in [-0.3, -0.25) is 4.79 Å². The zero-order valence-corrected chi connectivity index (χ0v) is 13.0. The molecule has 0 aliphatic heterocycles. The van der Waals surface area contributed by atoms with Crippen molar-refractivity contribution < 1.29 is 9.53 Å². The number of carbonyl (C=O) groups excluding carboxylic acids is 1. The number of aryl methyl sites for hydroxylation is 1. The van der Waals surface area contributed by atoms with E-state index in [9.17, 15) is 4.79 Å². The summed E-state index contributed by atoms with van der Waals surface area (Å²) in [6, 6.07) is 3.92. The Morgan fingerprint density at radius 2 is 1.95 bits per heavy atom. The highest BCUT2D eigenvalue weighted by atomic mass is 35.5. The Hall–Kier alpha value is -1.22. The fraction of sp³-hybridized carbons (Fsp3) is 0.533. The minimum atomic E-state index is -0.114. The van der Waals surface area contributed by atoms with Crippen LogP contribution in [0.2, 0.25) is 5.02 Å². The van der Waals surface area contributed by atoms with Crippen LogP contribution in [0.5, 0.6) is 5.75 Å². The molecular weight excluding hydrogens is 262 g/mol. The molecule has 1 aromatic carbocycles. The zero-order valence-electron chi connectivity index (χ0n) is 12.2. The van der Waals surface area contributed by atoms with Crippen molar-refractivity contribution in [1.82, 2.24) is 5.32 Å². The molecule has 1 N–H and O–H groups in total. The minimum Gasteiger partial charge on any atom is -0.483 e. The summed E-state index contributed by atoms with van der Waals surface area (Å²) >= 11 is 6.13. The fourth-order valence-corrected chi connectivity index (χ4v) is 1.93. The van der Waals surface area contributed by atoms with Crippen molar-refractivity contribution >= 4 is 17.5 Å². The Morgan fingerprint density at radius 3 is 2.47 bits per heavy atom. The van der Waals surface area contributed by atoms with Gasteiger partial charge in [-0.1, -0.05) is 25.4 Å². The number of amides is 1. The summed E-state index contributed by atoms with van der Waals surface area (Å²) in [4.78, 5) is 11.6. The highest BCUT2D eigenvalue weighted by molar-refractivity contribution is 6.31. The monoisotopic (exact) mass is 283 g/mol. The molecule has 0 aliphatic rings. The predicted molar refractivity (Wildman–Crippen MR) is 79.1 cm³/mol. The molecular formula is C15H22ClNO2. The van der Waals surface area contributed by atoms with Gasteiger partial charge >= 0.3 is 0 Å². The first-order valence-corrected chi connectivity index (χ1v) is 6.91. The second-order valence-electron chi connectivity index (χ2n) is 5.30. The van der Waals surface area contributed by atoms with Gasteiger partial charge in [0.05, 0.1) is 0 Å². The van der Waals surface area contributed by atoms with Crippen LogP contribution in [-0.2, 0) is 4.79 Å². The Bertz CT molecular complexity index is 456. The van der Waals surface area contributed by atoms with Crippen molar-refractivity contribution in [3.63, 3.8) is 0 Å². The maximum Gasteiger partial charge on any atom is 0.258 e. The van der Waals surface area contributed by atoms with Crippen LogP contribution < -0.4 is 10.1 Å². The lowest BCUT2D eigenvalue weighted by Crippen LogP contribution is -2.34. The van der Waals surface area contributed by atoms with Crippen LogP contribution in [0.3, 0.4) is 0 Å². The van der Waals surface area contributed by atoms with Crippen LogP contribution in [0.15, 0.2) is 12.1 Å². The van der Waals surface area contributed by atoms with E-state index >= 15 is 0 Å². The van der Waals surface area contributed by atoms with Gasteiger partial charge in [-0.25, -0.2) is 0 Å². The third-order valence-electron chi connectivity index (χ3n) is 2.72. The van der Waals surface area contributed by atoms with E-state index in [4.69, 9.17) is 16.3 Å². The van der Waals surface area contributed by atoms with Crippen molar-refractivity contribution in [2.45, 2.75) is 46.6 Å². The molecule has 0 aliphatic carbocycles. The topological polar surface area (TPSA) is 38.3 Å². The van der Waals surface area contributed by atoms with E-state index in [2.05, 4.69) is 19.2 Å². The van der Waals surface area contributed by atoms with E-state index in [1.807, 2.05) is 32.9 Å². The molecule has 0 aromatic heterocycles. The molecule has 106 valence electrons. The second kappa shape index (κ2) is 6.80. The number of hydrogen-bond acceptors (Lipinski definition) is 2. The molecule has 0 radical (unpaired) electrons. The Labute approximate surface area is 120 Å². The molecule has 4 heteroatoms. The molecule has 0 heterocycles. The van der Waals surface area contributed by atoms with Crippen molar-refractivity contribution in [1.29, 1.82) is 0 Å². The molecule has 3 nitrogen and oxygen atoms in total. The lowest BCUT2D eigenvalue weighted by Gasteiger charge is -2.16. The van der Waals surface area contributed by atoms with Crippen LogP contribution in [0.1, 0.15) is 44.7 Å². The number of carbonyl (C=O) groups is 1. The first-order chi connectivity index (χ1) is 8.81. The Balaban J connectivity index is 2.82. The summed E-state index contributed by atoms with van der Waals surface area (Å²) in [5, 5.41) is 3.52. The maximum atomic E-state index is 11.6. The number of rotatable bonds is 5. The van der Waals surface area contributed by atoms with Gasteiger partial charge in [0.1, 0.15) is 5.75 Å². The number of benzene rings is 1. The maximum absolute atomic E-state index is 11.6. The largest absolute Gasteiger partial charge is 0.483 e. The number of halogens is 1. The molecule has 1 amide bonds. The molecule has 19 heavy (non-hydrogen) atoms. The van der Waals surface area contributed by atoms with E-state index in [0.29, 0.717) is 5.92 Å². The van der Waals surface area contributed by atoms with E-state index < -0.39 is 0 Å². The van der Waals surface area contributed by atoms with Gasteiger partial charge in [-0.2, -0.15) is 0 Å². The van der Waals surface area contributed by atoms with E-state index in [-0.39, 0.29) is 18.6 Å². The molecule has 0 bridgehead atoms. The number of hydrogen-bond donors (Lipinski definition) is 1. The Morgan fingerprint density at radius 1 is 1.32 bits per heavy atom. The van der Waals surface area contributed by atoms with Gasteiger partial charge in [-0.15, -0.1) is 0 Å². The van der Waals surface area contributed by atoms with Gasteiger partial charge in [0.2, 0.25) is 0 Å². The smallest absolute Gasteiger partial charge is 0.258 e. The summed E-state index contributed by atoms with van der Waals surface area (Å²) < 4.78 is 5.63. The SMILES string of the molecule is Cc1cc(OCC(=O)NC(C)C)c(C(C)C)cc1Cl. The van der Waals surface area contributed by atoms with Crippen molar-refractivity contribution in [2.24, 2.45) is 0 Å². The first kappa shape index (κ1) is 15.8. The molecule has 0 spiro atoms. The third-order valence-corrected chi connectivity index (χ3v) is 3.13. The van der Waals surface area contributed by atoms with Gasteiger partial charge in [0.25, 0.3) is 5.91 Å². The zero-order chi connectivity index (χ0) is 14.6. The van der Waals surface area contributed by atoms with Crippen LogP contribution in [0.25, 0.3) is 0 Å². The summed E-state index contributed by atoms with van der Waals surface area (Å²) in [7, 11) is 0. The standard InChI is InChI=1S/C15H22ClNO2/c1-9(2)12-7-13(16)11(5)6-14(12)19-8-15(18)17-10(3)4/h6-7,9-10H,8H2,1-5H3,(H,17,18). The fourth-order valence-electron chi connectivity index (χ4n) is 1.75. The molecule has 0 fully saturated rings. The molecule has 1 rings (SSSR count). The van der Waals surface area contributed by atoms with Gasteiger partial charge in [0.15, 0.2) is 6.61 Å². The number of nitrogens with one attached hydrogen (secondary N) is 1. The van der Waals surface area contributed by atoms with Gasteiger partial charge < -0.3 is 10.1 Å². The molecule has 0 unspecified atom stereocenters. The molecule has 0 saturated heterocycles. The van der Waals surface area contributed by atoms with Crippen LogP contribution in [-0.4, -0.2) is 18.6 Å². The minimum absolute atomic E-state index is 0.0268. The van der Waals surface area contributed by atoms with Crippen LogP contribution in [0, 0.1) is 6.92 Å². The van der Waals surface area contributed by atoms with Gasteiger partial charge in [0, 0.05) is 11.1 Å². The predicted octanol–water partition coefficient (Wildman–Crippen LogP) is 3.68. The highest BCUT2D eigenvalue weighted by Gasteiger charge is 2.12. The first-order valence-electron chi connectivity index (χ1n) is 6.53. The third kappa shape index (κ3) is 4.75. The summed E-state index contributed by atoms with van der Waals surface area (Å²) in [6.45, 7) is 9.93. The Kier molecular flexibility index (Phi) is 5.67. The average Bonchev–Trinajstić information content (AvgIpc) is 2.29. The molecule has 1 aromatic rings. The summed E-state index contributed by atoms with van der Waals surface area (Å²) in [6.07, 6.45) is 0. The normalized spacial score (nSPS) is 10.9. The van der Waals surface area contributed by atoms with Crippen molar-refractivity contribution in [3.05, 3.63) is 28.3 Å². The van der Waals surface area contributed by atoms with Crippen LogP contribution in [0.4, 0.5) is 0 Å². The highest BCUT2D eigenvalue weighted by Crippen LogP contribution is 2.31. The summed E-state index contributed by atoms with van der Waals surface area (Å²) in [5.41, 5.74) is 1.97. The molecule has 0 atom stereocenters. The lowest BCUT2D eigenvalue weighted by molar-refractivity contribution is -0.123. The van der Waals surface area contributed by atoms with Crippen molar-refractivity contribution in [2.75, 3.05) is 6.61 Å².